The van der Waals surface area contributed by atoms with Gasteiger partial charge >= 0.3 is 5.63 Å². The first-order valence-corrected chi connectivity index (χ1v) is 11.0. The first-order chi connectivity index (χ1) is 13.8. The van der Waals surface area contributed by atoms with E-state index in [1.165, 1.54) is 17.8 Å². The Bertz CT molecular complexity index is 775. The molecule has 1 aromatic rings. The highest BCUT2D eigenvalue weighted by Crippen LogP contribution is 2.33. The zero-order valence-corrected chi connectivity index (χ0v) is 18.3. The fourth-order valence-corrected chi connectivity index (χ4v) is 4.22. The molecule has 9 heteroatoms. The first-order valence-electron chi connectivity index (χ1n) is 9.99. The molecule has 1 aromatic heterocycles. The van der Waals surface area contributed by atoms with Crippen LogP contribution in [0.4, 0.5) is 0 Å². The van der Waals surface area contributed by atoms with Gasteiger partial charge in [-0.1, -0.05) is 25.8 Å². The van der Waals surface area contributed by atoms with E-state index in [2.05, 4.69) is 17.2 Å². The summed E-state index contributed by atoms with van der Waals surface area (Å²) in [4.78, 5) is 29.1. The fourth-order valence-electron chi connectivity index (χ4n) is 3.06. The number of aliphatic imine (C=N–C) groups is 1. The van der Waals surface area contributed by atoms with Gasteiger partial charge in [0.25, 0.3) is 5.91 Å². The number of carbonyl (C=O) groups excluding carboxylic acids is 1. The maximum Gasteiger partial charge on any atom is 0.335 e. The first kappa shape index (κ1) is 23.6. The van der Waals surface area contributed by atoms with E-state index >= 15 is 0 Å². The molecule has 2 rings (SSSR count). The Kier molecular flexibility index (Phi) is 8.45. The van der Waals surface area contributed by atoms with Crippen molar-refractivity contribution < 1.29 is 18.7 Å². The zero-order valence-electron chi connectivity index (χ0n) is 17.5. The minimum Gasteiger partial charge on any atom is -0.426 e. The number of nitrogens with two attached hydrogens (primary N) is 1. The number of hydrogen-bond donors (Lipinski definition) is 2. The molecule has 0 bridgehead atoms. The van der Waals surface area contributed by atoms with Gasteiger partial charge in [-0.15, -0.1) is 11.8 Å². The van der Waals surface area contributed by atoms with Crippen LogP contribution in [0, 0.1) is 0 Å². The Labute approximate surface area is 175 Å². The predicted octanol–water partition coefficient (Wildman–Crippen LogP) is 2.58. The van der Waals surface area contributed by atoms with Crippen LogP contribution in [0.3, 0.4) is 0 Å². The van der Waals surface area contributed by atoms with Crippen LogP contribution in [0.5, 0.6) is 0 Å². The molecule has 0 saturated carbocycles. The van der Waals surface area contributed by atoms with E-state index in [1.54, 1.807) is 19.1 Å². The molecule has 0 fully saturated rings. The van der Waals surface area contributed by atoms with Crippen LogP contribution >= 0.6 is 11.8 Å². The topological polar surface area (TPSA) is 116 Å². The number of hydrogen-bond acceptors (Lipinski definition) is 8. The smallest absolute Gasteiger partial charge is 0.335 e. The van der Waals surface area contributed by atoms with Gasteiger partial charge in [0.15, 0.2) is 5.66 Å². The highest BCUT2D eigenvalue weighted by Gasteiger charge is 2.46. The molecule has 0 aromatic carbocycles. The molecule has 0 aliphatic carbocycles. The Balaban J connectivity index is 2.22. The summed E-state index contributed by atoms with van der Waals surface area (Å²) in [6.45, 7) is 8.44. The summed E-state index contributed by atoms with van der Waals surface area (Å²) in [6.07, 6.45) is 2.43. The third kappa shape index (κ3) is 5.91. The number of nitrogens with zero attached hydrogens (tertiary/aromatic N) is 1. The second-order valence-corrected chi connectivity index (χ2v) is 7.92. The van der Waals surface area contributed by atoms with E-state index in [0.717, 1.165) is 12.8 Å². The molecule has 0 unspecified atom stereocenters. The Morgan fingerprint density at radius 3 is 2.66 bits per heavy atom. The summed E-state index contributed by atoms with van der Waals surface area (Å²) in [5, 5.41) is 3.45. The summed E-state index contributed by atoms with van der Waals surface area (Å²) in [5.41, 5.74) is 4.44. The van der Waals surface area contributed by atoms with Gasteiger partial charge in [0, 0.05) is 25.0 Å². The van der Waals surface area contributed by atoms with E-state index < -0.39 is 29.0 Å². The lowest BCUT2D eigenvalue weighted by molar-refractivity contribution is -0.169. The van der Waals surface area contributed by atoms with Crippen molar-refractivity contribution in [1.82, 2.24) is 5.32 Å². The second-order valence-electron chi connectivity index (χ2n) is 6.96. The van der Waals surface area contributed by atoms with Gasteiger partial charge in [0.2, 0.25) is 5.79 Å². The molecule has 8 nitrogen and oxygen atoms in total. The number of rotatable bonds is 11. The van der Waals surface area contributed by atoms with Crippen molar-refractivity contribution in [3.63, 3.8) is 0 Å². The third-order valence-electron chi connectivity index (χ3n) is 4.56. The van der Waals surface area contributed by atoms with Crippen LogP contribution in [0.2, 0.25) is 0 Å². The Morgan fingerprint density at radius 2 is 2.07 bits per heavy atom. The van der Waals surface area contributed by atoms with Crippen molar-refractivity contribution in [1.29, 1.82) is 0 Å². The highest BCUT2D eigenvalue weighted by molar-refractivity contribution is 8.14. The van der Waals surface area contributed by atoms with Gasteiger partial charge in [0.05, 0.1) is 6.04 Å². The molecule has 0 saturated heterocycles. The largest absolute Gasteiger partial charge is 0.426 e. The summed E-state index contributed by atoms with van der Waals surface area (Å²) in [5.74, 6) is -0.791. The fraction of sp³-hybridized carbons (Fsp3) is 0.650. The van der Waals surface area contributed by atoms with E-state index in [1.807, 2.05) is 13.8 Å². The minimum atomic E-state index is -1.45. The molecule has 1 aliphatic heterocycles. The second kappa shape index (κ2) is 10.4. The SMILES string of the molecule is CCCC[C@@H](NC(=O)[C@]1(N)CSC(C(C)(OCC)OCC)=N1)c1cccc(=O)o1. The zero-order chi connectivity index (χ0) is 21.5. The lowest BCUT2D eigenvalue weighted by Crippen LogP contribution is -2.54. The molecule has 3 N–H and O–H groups in total. The van der Waals surface area contributed by atoms with Crippen LogP contribution in [-0.4, -0.2) is 41.4 Å². The molecule has 162 valence electrons. The van der Waals surface area contributed by atoms with Crippen molar-refractivity contribution in [2.45, 2.75) is 64.4 Å². The molecule has 2 atom stereocenters. The van der Waals surface area contributed by atoms with Gasteiger partial charge in [-0.2, -0.15) is 0 Å². The molecule has 1 amide bonds. The predicted molar refractivity (Wildman–Crippen MR) is 114 cm³/mol. The van der Waals surface area contributed by atoms with Crippen LogP contribution < -0.4 is 16.7 Å². The van der Waals surface area contributed by atoms with Crippen molar-refractivity contribution in [2.75, 3.05) is 19.0 Å². The molecular weight excluding hydrogens is 394 g/mol. The molecule has 2 heterocycles. The Morgan fingerprint density at radius 1 is 1.38 bits per heavy atom. The van der Waals surface area contributed by atoms with E-state index in [9.17, 15) is 9.59 Å². The summed E-state index contributed by atoms with van der Waals surface area (Å²) in [7, 11) is 0. The van der Waals surface area contributed by atoms with Crippen molar-refractivity contribution in [3.8, 4) is 0 Å². The van der Waals surface area contributed by atoms with Crippen molar-refractivity contribution >= 4 is 22.7 Å². The minimum absolute atomic E-state index is 0.267. The number of unbranched alkanes of at least 4 members (excludes halogenated alkanes) is 1. The maximum atomic E-state index is 13.0. The van der Waals surface area contributed by atoms with Crippen molar-refractivity contribution in [3.05, 3.63) is 34.4 Å². The molecule has 1 aliphatic rings. The molecule has 29 heavy (non-hydrogen) atoms. The number of ether oxygens (including phenoxy) is 2. The average molecular weight is 426 g/mol. The lowest BCUT2D eigenvalue weighted by atomic mass is 10.1. The monoisotopic (exact) mass is 425 g/mol. The lowest BCUT2D eigenvalue weighted by Gasteiger charge is -2.28. The van der Waals surface area contributed by atoms with Crippen LogP contribution in [0.1, 0.15) is 58.8 Å². The molecule has 0 radical (unpaired) electrons. The van der Waals surface area contributed by atoms with Gasteiger partial charge < -0.3 is 19.2 Å². The van der Waals surface area contributed by atoms with Crippen LogP contribution in [0.25, 0.3) is 0 Å². The third-order valence-corrected chi connectivity index (χ3v) is 5.88. The average Bonchev–Trinajstić information content (AvgIpc) is 3.10. The number of nitrogens with one attached hydrogen (secondary N) is 1. The normalized spacial score (nSPS) is 20.4. The summed E-state index contributed by atoms with van der Waals surface area (Å²) < 4.78 is 16.7. The number of amides is 1. The summed E-state index contributed by atoms with van der Waals surface area (Å²) >= 11 is 1.35. The Hall–Kier alpha value is -1.68. The van der Waals surface area contributed by atoms with Gasteiger partial charge in [-0.3, -0.25) is 10.5 Å². The summed E-state index contributed by atoms with van der Waals surface area (Å²) in [6, 6.07) is 4.18. The standard InChI is InChI=1S/C20H31N3O5S/c1-5-8-10-14(15-11-9-12-16(24)28-15)22-17(25)20(21)13-29-18(23-20)19(4,26-6-2)27-7-3/h9,11-12,14H,5-8,10,13,21H2,1-4H3,(H,22,25)/t14-,20+/m1/s1. The van der Waals surface area contributed by atoms with E-state index in [4.69, 9.17) is 19.6 Å². The van der Waals surface area contributed by atoms with Gasteiger partial charge in [-0.25, -0.2) is 9.79 Å². The van der Waals surface area contributed by atoms with Crippen LogP contribution in [0.15, 0.2) is 32.4 Å². The maximum absolute atomic E-state index is 13.0. The van der Waals surface area contributed by atoms with Gasteiger partial charge in [0.1, 0.15) is 10.8 Å². The van der Waals surface area contributed by atoms with E-state index in [0.29, 0.717) is 30.4 Å². The quantitative estimate of drug-likeness (QED) is 0.523. The highest BCUT2D eigenvalue weighted by atomic mass is 32.2. The number of thioether (sulfide) groups is 1. The van der Waals surface area contributed by atoms with Gasteiger partial charge in [-0.05, 0) is 33.3 Å². The molecule has 0 spiro atoms. The number of carbonyl (C=O) groups is 1. The van der Waals surface area contributed by atoms with Crippen molar-refractivity contribution in [2.24, 2.45) is 10.7 Å². The molecular formula is C20H31N3O5S. The van der Waals surface area contributed by atoms with E-state index in [-0.39, 0.29) is 5.75 Å². The van der Waals surface area contributed by atoms with Crippen LogP contribution in [-0.2, 0) is 14.3 Å².